The lowest BCUT2D eigenvalue weighted by atomic mass is 9.92. The monoisotopic (exact) mass is 270 g/mol. The van der Waals surface area contributed by atoms with Crippen molar-refractivity contribution in [2.24, 2.45) is 5.92 Å². The number of carbonyl (C=O) groups is 1. The minimum atomic E-state index is -0.666. The molecule has 5 heteroatoms. The van der Waals surface area contributed by atoms with Gasteiger partial charge in [-0.25, -0.2) is 0 Å². The number of aliphatic carboxylic acids is 1. The zero-order valence-electron chi connectivity index (χ0n) is 11.9. The van der Waals surface area contributed by atoms with Gasteiger partial charge in [0.2, 0.25) is 0 Å². The van der Waals surface area contributed by atoms with Crippen molar-refractivity contribution in [3.63, 3.8) is 0 Å². The molecule has 0 aromatic rings. The van der Waals surface area contributed by atoms with E-state index in [-0.39, 0.29) is 0 Å². The molecule has 0 aromatic carbocycles. The van der Waals surface area contributed by atoms with Crippen LogP contribution in [0.4, 0.5) is 0 Å². The number of piperidine rings is 1. The van der Waals surface area contributed by atoms with Gasteiger partial charge >= 0.3 is 5.97 Å². The Balaban J connectivity index is 1.64. The van der Waals surface area contributed by atoms with Gasteiger partial charge in [0, 0.05) is 26.1 Å². The molecule has 2 saturated heterocycles. The van der Waals surface area contributed by atoms with Gasteiger partial charge in [-0.15, -0.1) is 0 Å². The van der Waals surface area contributed by atoms with Crippen molar-refractivity contribution in [3.05, 3.63) is 0 Å². The molecule has 2 aliphatic heterocycles. The average Bonchev–Trinajstić information content (AvgIpc) is 2.38. The topological polar surface area (TPSA) is 53.0 Å². The number of hydrogen-bond donors (Lipinski definition) is 1. The van der Waals surface area contributed by atoms with Gasteiger partial charge in [0.15, 0.2) is 0 Å². The first-order valence-electron chi connectivity index (χ1n) is 7.38. The number of nitrogens with zero attached hydrogens (tertiary/aromatic N) is 2. The predicted molar refractivity (Wildman–Crippen MR) is 73.3 cm³/mol. The molecular weight excluding hydrogens is 244 g/mol. The van der Waals surface area contributed by atoms with Gasteiger partial charge < -0.3 is 19.6 Å². The third-order valence-corrected chi connectivity index (χ3v) is 4.28. The third kappa shape index (κ3) is 5.09. The fourth-order valence-electron chi connectivity index (χ4n) is 3.05. The smallest absolute Gasteiger partial charge is 0.303 e. The quantitative estimate of drug-likeness (QED) is 0.804. The zero-order chi connectivity index (χ0) is 13.7. The predicted octanol–water partition coefficient (Wildman–Crippen LogP) is 0.894. The Morgan fingerprint density at radius 3 is 2.68 bits per heavy atom. The number of rotatable bonds is 5. The lowest BCUT2D eigenvalue weighted by Gasteiger charge is -2.37. The molecule has 0 aliphatic carbocycles. The van der Waals surface area contributed by atoms with Crippen LogP contribution in [0.1, 0.15) is 25.7 Å². The van der Waals surface area contributed by atoms with Crippen LogP contribution in [0.5, 0.6) is 0 Å². The first-order chi connectivity index (χ1) is 9.13. The highest BCUT2D eigenvalue weighted by atomic mass is 16.5. The summed E-state index contributed by atoms with van der Waals surface area (Å²) in [4.78, 5) is 15.4. The molecular formula is C14H26N2O3. The van der Waals surface area contributed by atoms with Gasteiger partial charge in [-0.2, -0.15) is 0 Å². The molecule has 2 rings (SSSR count). The number of ether oxygens (including phenoxy) is 1. The van der Waals surface area contributed by atoms with Gasteiger partial charge in [0.05, 0.1) is 12.7 Å². The van der Waals surface area contributed by atoms with Crippen LogP contribution in [-0.2, 0) is 9.53 Å². The van der Waals surface area contributed by atoms with E-state index in [0.717, 1.165) is 58.6 Å². The van der Waals surface area contributed by atoms with Crippen molar-refractivity contribution in [3.8, 4) is 0 Å². The van der Waals surface area contributed by atoms with E-state index in [2.05, 4.69) is 16.8 Å². The average molecular weight is 270 g/mol. The molecule has 19 heavy (non-hydrogen) atoms. The van der Waals surface area contributed by atoms with E-state index in [1.54, 1.807) is 0 Å². The number of carboxylic acids is 1. The summed E-state index contributed by atoms with van der Waals surface area (Å²) in [5.74, 6) is -0.0663. The maximum absolute atomic E-state index is 10.6. The third-order valence-electron chi connectivity index (χ3n) is 4.28. The SMILES string of the molecule is CN1CCOC(CN2CCC(CCC(=O)O)CC2)C1. The molecule has 110 valence electrons. The molecule has 5 nitrogen and oxygen atoms in total. The van der Waals surface area contributed by atoms with Gasteiger partial charge in [-0.05, 0) is 45.3 Å². The molecule has 1 N–H and O–H groups in total. The van der Waals surface area contributed by atoms with Crippen LogP contribution in [0.2, 0.25) is 0 Å². The summed E-state index contributed by atoms with van der Waals surface area (Å²) in [6.45, 7) is 6.11. The van der Waals surface area contributed by atoms with Crippen molar-refractivity contribution in [2.75, 3.05) is 46.4 Å². The number of likely N-dealkylation sites (tertiary alicyclic amines) is 1. The first-order valence-corrected chi connectivity index (χ1v) is 7.38. The normalized spacial score (nSPS) is 27.5. The van der Waals surface area contributed by atoms with E-state index in [0.29, 0.717) is 18.4 Å². The first kappa shape index (κ1) is 14.8. The number of carboxylic acid groups (broad SMARTS) is 1. The molecule has 0 radical (unpaired) electrons. The van der Waals surface area contributed by atoms with Gasteiger partial charge in [-0.1, -0.05) is 0 Å². The Kier molecular flexibility index (Phi) is 5.60. The molecule has 2 heterocycles. The summed E-state index contributed by atoms with van der Waals surface area (Å²) in [6, 6.07) is 0. The summed E-state index contributed by atoms with van der Waals surface area (Å²) < 4.78 is 5.80. The van der Waals surface area contributed by atoms with Crippen molar-refractivity contribution in [1.29, 1.82) is 0 Å². The second kappa shape index (κ2) is 7.22. The fraction of sp³-hybridized carbons (Fsp3) is 0.929. The van der Waals surface area contributed by atoms with Gasteiger partial charge in [-0.3, -0.25) is 4.79 Å². The Morgan fingerprint density at radius 2 is 2.05 bits per heavy atom. The Labute approximate surface area is 115 Å². The summed E-state index contributed by atoms with van der Waals surface area (Å²) in [6.07, 6.45) is 3.77. The number of likely N-dealkylation sites (N-methyl/N-ethyl adjacent to an activating group) is 1. The highest BCUT2D eigenvalue weighted by Crippen LogP contribution is 2.22. The molecule has 0 bridgehead atoms. The minimum absolute atomic E-state index is 0.321. The van der Waals surface area contributed by atoms with E-state index < -0.39 is 5.97 Å². The van der Waals surface area contributed by atoms with E-state index in [9.17, 15) is 4.79 Å². The molecule has 0 aromatic heterocycles. The molecule has 0 spiro atoms. The lowest BCUT2D eigenvalue weighted by Crippen LogP contribution is -2.47. The highest BCUT2D eigenvalue weighted by molar-refractivity contribution is 5.66. The van der Waals surface area contributed by atoms with Gasteiger partial charge in [0.25, 0.3) is 0 Å². The second-order valence-electron chi connectivity index (χ2n) is 5.93. The lowest BCUT2D eigenvalue weighted by molar-refractivity contribution is -0.137. The Bertz CT molecular complexity index is 290. The Morgan fingerprint density at radius 1 is 1.32 bits per heavy atom. The van der Waals surface area contributed by atoms with Crippen LogP contribution < -0.4 is 0 Å². The largest absolute Gasteiger partial charge is 0.481 e. The molecule has 1 atom stereocenters. The highest BCUT2D eigenvalue weighted by Gasteiger charge is 2.24. The van der Waals surface area contributed by atoms with E-state index in [4.69, 9.17) is 9.84 Å². The number of morpholine rings is 1. The molecule has 2 aliphatic rings. The second-order valence-corrected chi connectivity index (χ2v) is 5.93. The van der Waals surface area contributed by atoms with Crippen LogP contribution in [-0.4, -0.2) is 73.4 Å². The van der Waals surface area contributed by atoms with E-state index >= 15 is 0 Å². The molecule has 0 amide bonds. The van der Waals surface area contributed by atoms with E-state index in [1.807, 2.05) is 0 Å². The fourth-order valence-corrected chi connectivity index (χ4v) is 3.05. The van der Waals surface area contributed by atoms with Crippen LogP contribution >= 0.6 is 0 Å². The molecule has 0 saturated carbocycles. The van der Waals surface area contributed by atoms with Crippen LogP contribution in [0.15, 0.2) is 0 Å². The standard InChI is InChI=1S/C14H26N2O3/c1-15-8-9-19-13(10-15)11-16-6-4-12(5-7-16)2-3-14(17)18/h12-13H,2-11H2,1H3,(H,17,18). The van der Waals surface area contributed by atoms with Crippen molar-refractivity contribution in [2.45, 2.75) is 31.8 Å². The van der Waals surface area contributed by atoms with Crippen molar-refractivity contribution in [1.82, 2.24) is 9.80 Å². The Hall–Kier alpha value is -0.650. The summed E-state index contributed by atoms with van der Waals surface area (Å²) in [5.41, 5.74) is 0. The minimum Gasteiger partial charge on any atom is -0.481 e. The summed E-state index contributed by atoms with van der Waals surface area (Å²) in [5, 5.41) is 8.71. The summed E-state index contributed by atoms with van der Waals surface area (Å²) in [7, 11) is 2.15. The van der Waals surface area contributed by atoms with Crippen LogP contribution in [0.3, 0.4) is 0 Å². The van der Waals surface area contributed by atoms with Crippen LogP contribution in [0.25, 0.3) is 0 Å². The van der Waals surface area contributed by atoms with Crippen molar-refractivity contribution >= 4 is 5.97 Å². The summed E-state index contributed by atoms with van der Waals surface area (Å²) >= 11 is 0. The number of hydrogen-bond acceptors (Lipinski definition) is 4. The van der Waals surface area contributed by atoms with Gasteiger partial charge in [0.1, 0.15) is 0 Å². The van der Waals surface area contributed by atoms with Crippen LogP contribution in [0, 0.1) is 5.92 Å². The molecule has 1 unspecified atom stereocenters. The zero-order valence-corrected chi connectivity index (χ0v) is 11.9. The maximum Gasteiger partial charge on any atom is 0.303 e. The van der Waals surface area contributed by atoms with E-state index in [1.165, 1.54) is 0 Å². The maximum atomic E-state index is 10.6. The molecule has 2 fully saturated rings. The van der Waals surface area contributed by atoms with Crippen molar-refractivity contribution < 1.29 is 14.6 Å².